The van der Waals surface area contributed by atoms with Gasteiger partial charge < -0.3 is 5.32 Å². The lowest BCUT2D eigenvalue weighted by molar-refractivity contribution is 0.153. The standard InChI is InChI=1S/C20H22ClN5/c1-15-17(14-26(24-15)19-6-4-18(21)5-7-19)13-25-10-9-23-12-20(25)16-3-2-8-22-11-16/h2-8,11,14,20,23H,9-10,12-13H2,1H3. The number of hydrogen-bond donors (Lipinski definition) is 1. The lowest BCUT2D eigenvalue weighted by Gasteiger charge is -2.36. The Morgan fingerprint density at radius 3 is 2.85 bits per heavy atom. The molecule has 1 atom stereocenters. The van der Waals surface area contributed by atoms with Crippen molar-refractivity contribution in [2.75, 3.05) is 19.6 Å². The average molecular weight is 368 g/mol. The molecule has 3 aromatic rings. The summed E-state index contributed by atoms with van der Waals surface area (Å²) in [5.74, 6) is 0. The molecule has 1 aliphatic heterocycles. The molecule has 5 nitrogen and oxygen atoms in total. The minimum absolute atomic E-state index is 0.329. The minimum atomic E-state index is 0.329. The summed E-state index contributed by atoms with van der Waals surface area (Å²) in [5.41, 5.74) is 4.58. The highest BCUT2D eigenvalue weighted by Gasteiger charge is 2.25. The molecule has 1 fully saturated rings. The van der Waals surface area contributed by atoms with Crippen molar-refractivity contribution < 1.29 is 0 Å². The summed E-state index contributed by atoms with van der Waals surface area (Å²) in [6.07, 6.45) is 5.92. The SMILES string of the molecule is Cc1nn(-c2ccc(Cl)cc2)cc1CN1CCNCC1c1cccnc1. The molecule has 0 aliphatic carbocycles. The molecule has 0 spiro atoms. The summed E-state index contributed by atoms with van der Waals surface area (Å²) in [7, 11) is 0. The smallest absolute Gasteiger partial charge is 0.0646 e. The minimum Gasteiger partial charge on any atom is -0.314 e. The highest BCUT2D eigenvalue weighted by Crippen LogP contribution is 2.25. The second-order valence-electron chi connectivity index (χ2n) is 6.64. The first kappa shape index (κ1) is 17.2. The Hall–Kier alpha value is -2.21. The van der Waals surface area contributed by atoms with E-state index in [-0.39, 0.29) is 0 Å². The van der Waals surface area contributed by atoms with Crippen molar-refractivity contribution in [2.45, 2.75) is 19.5 Å². The van der Waals surface area contributed by atoms with Gasteiger partial charge in [-0.1, -0.05) is 17.7 Å². The van der Waals surface area contributed by atoms with Gasteiger partial charge in [0.15, 0.2) is 0 Å². The van der Waals surface area contributed by atoms with E-state index in [0.29, 0.717) is 6.04 Å². The number of nitrogens with one attached hydrogen (secondary N) is 1. The van der Waals surface area contributed by atoms with E-state index in [1.54, 1.807) is 0 Å². The maximum absolute atomic E-state index is 5.99. The van der Waals surface area contributed by atoms with Crippen molar-refractivity contribution >= 4 is 11.6 Å². The molecule has 1 saturated heterocycles. The van der Waals surface area contributed by atoms with Gasteiger partial charge in [0.2, 0.25) is 0 Å². The van der Waals surface area contributed by atoms with Crippen LogP contribution < -0.4 is 5.32 Å². The molecule has 6 heteroatoms. The van der Waals surface area contributed by atoms with Crippen LogP contribution in [0, 0.1) is 6.92 Å². The molecule has 134 valence electrons. The molecule has 1 N–H and O–H groups in total. The summed E-state index contributed by atoms with van der Waals surface area (Å²) >= 11 is 5.99. The lowest BCUT2D eigenvalue weighted by Crippen LogP contribution is -2.45. The molecule has 4 rings (SSSR count). The fourth-order valence-corrected chi connectivity index (χ4v) is 3.56. The molecular weight excluding hydrogens is 346 g/mol. The van der Waals surface area contributed by atoms with Crippen LogP contribution >= 0.6 is 11.6 Å². The lowest BCUT2D eigenvalue weighted by atomic mass is 10.0. The molecular formula is C20H22ClN5. The maximum Gasteiger partial charge on any atom is 0.0646 e. The van der Waals surface area contributed by atoms with Gasteiger partial charge in [0.05, 0.1) is 11.4 Å². The number of nitrogens with zero attached hydrogens (tertiary/aromatic N) is 4. The summed E-state index contributed by atoms with van der Waals surface area (Å²) in [6, 6.07) is 12.2. The van der Waals surface area contributed by atoms with E-state index in [1.807, 2.05) is 47.4 Å². The second-order valence-corrected chi connectivity index (χ2v) is 7.07. The largest absolute Gasteiger partial charge is 0.314 e. The number of rotatable bonds is 4. The number of hydrogen-bond acceptors (Lipinski definition) is 4. The summed E-state index contributed by atoms with van der Waals surface area (Å²) in [6.45, 7) is 5.89. The number of benzene rings is 1. The molecule has 3 heterocycles. The van der Waals surface area contributed by atoms with Crippen molar-refractivity contribution in [3.63, 3.8) is 0 Å². The number of pyridine rings is 1. The van der Waals surface area contributed by atoms with E-state index in [0.717, 1.165) is 42.6 Å². The predicted octanol–water partition coefficient (Wildman–Crippen LogP) is 3.38. The first-order valence-corrected chi connectivity index (χ1v) is 9.24. The van der Waals surface area contributed by atoms with E-state index in [4.69, 9.17) is 16.7 Å². The third kappa shape index (κ3) is 3.65. The van der Waals surface area contributed by atoms with Gasteiger partial charge in [0.1, 0.15) is 0 Å². The van der Waals surface area contributed by atoms with E-state index in [1.165, 1.54) is 11.1 Å². The van der Waals surface area contributed by atoms with Gasteiger partial charge in [-0.2, -0.15) is 5.10 Å². The number of aromatic nitrogens is 3. The van der Waals surface area contributed by atoms with Gasteiger partial charge in [-0.25, -0.2) is 4.68 Å². The Bertz CT molecular complexity index is 860. The van der Waals surface area contributed by atoms with Crippen molar-refractivity contribution in [1.82, 2.24) is 25.0 Å². The Labute approximate surface area is 158 Å². The zero-order valence-electron chi connectivity index (χ0n) is 14.8. The zero-order valence-corrected chi connectivity index (χ0v) is 15.5. The Morgan fingerprint density at radius 2 is 2.08 bits per heavy atom. The van der Waals surface area contributed by atoms with Crippen LogP contribution in [0.4, 0.5) is 0 Å². The van der Waals surface area contributed by atoms with E-state index >= 15 is 0 Å². The van der Waals surface area contributed by atoms with Crippen molar-refractivity contribution in [3.05, 3.63) is 76.8 Å². The van der Waals surface area contributed by atoms with E-state index < -0.39 is 0 Å². The molecule has 1 unspecified atom stereocenters. The Balaban J connectivity index is 1.57. The van der Waals surface area contributed by atoms with Gasteiger partial charge in [-0.3, -0.25) is 9.88 Å². The molecule has 2 aromatic heterocycles. The number of halogens is 1. The fourth-order valence-electron chi connectivity index (χ4n) is 3.43. The van der Waals surface area contributed by atoms with Crippen LogP contribution in [0.1, 0.15) is 22.9 Å². The average Bonchev–Trinajstić information content (AvgIpc) is 3.04. The maximum atomic E-state index is 5.99. The van der Waals surface area contributed by atoms with Crippen molar-refractivity contribution in [2.24, 2.45) is 0 Å². The topological polar surface area (TPSA) is 46.0 Å². The monoisotopic (exact) mass is 367 g/mol. The van der Waals surface area contributed by atoms with Crippen molar-refractivity contribution in [3.8, 4) is 5.69 Å². The summed E-state index contributed by atoms with van der Waals surface area (Å²) in [5, 5.41) is 8.92. The third-order valence-corrected chi connectivity index (χ3v) is 5.14. The Kier molecular flexibility index (Phi) is 5.02. The summed E-state index contributed by atoms with van der Waals surface area (Å²) in [4.78, 5) is 6.79. The quantitative estimate of drug-likeness (QED) is 0.768. The normalized spacial score (nSPS) is 18.2. The third-order valence-electron chi connectivity index (χ3n) is 4.89. The van der Waals surface area contributed by atoms with Crippen LogP contribution in [-0.2, 0) is 6.54 Å². The van der Waals surface area contributed by atoms with E-state index in [2.05, 4.69) is 34.4 Å². The number of piperazine rings is 1. The second kappa shape index (κ2) is 7.58. The highest BCUT2D eigenvalue weighted by molar-refractivity contribution is 6.30. The van der Waals surface area contributed by atoms with Crippen LogP contribution in [0.5, 0.6) is 0 Å². The van der Waals surface area contributed by atoms with Crippen LogP contribution in [-0.4, -0.2) is 39.3 Å². The van der Waals surface area contributed by atoms with Crippen molar-refractivity contribution in [1.29, 1.82) is 0 Å². The molecule has 0 saturated carbocycles. The van der Waals surface area contributed by atoms with Gasteiger partial charge in [-0.15, -0.1) is 0 Å². The Morgan fingerprint density at radius 1 is 1.23 bits per heavy atom. The first-order valence-electron chi connectivity index (χ1n) is 8.86. The van der Waals surface area contributed by atoms with Gasteiger partial charge in [0.25, 0.3) is 0 Å². The van der Waals surface area contributed by atoms with E-state index in [9.17, 15) is 0 Å². The van der Waals surface area contributed by atoms with Crippen LogP contribution in [0.2, 0.25) is 5.02 Å². The highest BCUT2D eigenvalue weighted by atomic mass is 35.5. The molecule has 1 aliphatic rings. The molecule has 0 bridgehead atoms. The molecule has 0 amide bonds. The van der Waals surface area contributed by atoms with Crippen LogP contribution in [0.15, 0.2) is 55.0 Å². The number of aryl methyl sites for hydroxylation is 1. The summed E-state index contributed by atoms with van der Waals surface area (Å²) < 4.78 is 1.93. The predicted molar refractivity (Wildman–Crippen MR) is 104 cm³/mol. The van der Waals surface area contributed by atoms with Crippen LogP contribution in [0.25, 0.3) is 5.69 Å². The molecule has 0 radical (unpaired) electrons. The molecule has 1 aromatic carbocycles. The van der Waals surface area contributed by atoms with Gasteiger partial charge in [0, 0.05) is 61.4 Å². The molecule has 26 heavy (non-hydrogen) atoms. The van der Waals surface area contributed by atoms with Gasteiger partial charge >= 0.3 is 0 Å². The first-order chi connectivity index (χ1) is 12.7. The fraction of sp³-hybridized carbons (Fsp3) is 0.300. The van der Waals surface area contributed by atoms with Gasteiger partial charge in [-0.05, 0) is 42.8 Å². The zero-order chi connectivity index (χ0) is 17.9. The van der Waals surface area contributed by atoms with Crippen LogP contribution in [0.3, 0.4) is 0 Å².